The van der Waals surface area contributed by atoms with Crippen molar-refractivity contribution in [2.75, 3.05) is 11.9 Å². The second-order valence-electron chi connectivity index (χ2n) is 6.18. The zero-order chi connectivity index (χ0) is 17.5. The number of amides is 1. The fourth-order valence-electron chi connectivity index (χ4n) is 2.89. The molecule has 1 aromatic carbocycles. The van der Waals surface area contributed by atoms with Gasteiger partial charge in [-0.15, -0.1) is 0 Å². The van der Waals surface area contributed by atoms with Crippen molar-refractivity contribution in [3.8, 4) is 0 Å². The Morgan fingerprint density at radius 1 is 1.16 bits per heavy atom. The maximum atomic E-state index is 13.2. The molecule has 3 rings (SSSR count). The number of nitrogens with zero attached hydrogens (tertiary/aromatic N) is 1. The van der Waals surface area contributed by atoms with Crippen molar-refractivity contribution in [2.45, 2.75) is 32.1 Å². The topological polar surface area (TPSA) is 54.0 Å². The number of hydrogen-bond donors (Lipinski definition) is 2. The van der Waals surface area contributed by atoms with Crippen molar-refractivity contribution >= 4 is 17.3 Å². The zero-order valence-corrected chi connectivity index (χ0v) is 14.1. The van der Waals surface area contributed by atoms with Gasteiger partial charge in [0, 0.05) is 12.2 Å². The van der Waals surface area contributed by atoms with Gasteiger partial charge in [0.05, 0.1) is 11.9 Å². The van der Waals surface area contributed by atoms with E-state index in [0.29, 0.717) is 23.6 Å². The molecule has 5 heteroatoms. The second kappa shape index (κ2) is 8.42. The van der Waals surface area contributed by atoms with E-state index >= 15 is 0 Å². The summed E-state index contributed by atoms with van der Waals surface area (Å²) < 4.78 is 13.2. The van der Waals surface area contributed by atoms with E-state index in [-0.39, 0.29) is 11.7 Å². The molecule has 1 aromatic heterocycles. The molecule has 1 amide bonds. The van der Waals surface area contributed by atoms with Crippen molar-refractivity contribution in [3.63, 3.8) is 0 Å². The highest BCUT2D eigenvalue weighted by molar-refractivity contribution is 5.92. The number of halogens is 1. The Labute approximate surface area is 147 Å². The average molecular weight is 339 g/mol. The molecule has 25 heavy (non-hydrogen) atoms. The van der Waals surface area contributed by atoms with Crippen LogP contribution in [0.3, 0.4) is 0 Å². The Balaban J connectivity index is 1.51. The van der Waals surface area contributed by atoms with Crippen LogP contribution in [-0.4, -0.2) is 17.4 Å². The van der Waals surface area contributed by atoms with Crippen LogP contribution in [0.4, 0.5) is 15.8 Å². The summed E-state index contributed by atoms with van der Waals surface area (Å²) in [7, 11) is 0. The third-order valence-corrected chi connectivity index (χ3v) is 4.23. The first-order valence-corrected chi connectivity index (χ1v) is 8.65. The lowest BCUT2D eigenvalue weighted by atomic mass is 9.97. The maximum absolute atomic E-state index is 13.2. The quantitative estimate of drug-likeness (QED) is 0.757. The molecule has 4 nitrogen and oxygen atoms in total. The van der Waals surface area contributed by atoms with E-state index in [1.165, 1.54) is 30.5 Å². The van der Waals surface area contributed by atoms with Crippen molar-refractivity contribution in [1.29, 1.82) is 0 Å². The molecule has 1 heterocycles. The Hall–Kier alpha value is -2.69. The van der Waals surface area contributed by atoms with E-state index in [4.69, 9.17) is 0 Å². The highest BCUT2D eigenvalue weighted by Crippen LogP contribution is 2.19. The van der Waals surface area contributed by atoms with Crippen LogP contribution in [0.5, 0.6) is 0 Å². The van der Waals surface area contributed by atoms with Crippen LogP contribution in [0.15, 0.2) is 54.2 Å². The molecule has 0 saturated carbocycles. The minimum absolute atomic E-state index is 0.172. The van der Waals surface area contributed by atoms with Gasteiger partial charge in [0.2, 0.25) is 0 Å². The molecular weight excluding hydrogens is 317 g/mol. The van der Waals surface area contributed by atoms with Gasteiger partial charge in [-0.3, -0.25) is 4.79 Å². The normalized spacial score (nSPS) is 13.9. The number of carbonyl (C=O) groups is 1. The number of hydrogen-bond acceptors (Lipinski definition) is 3. The summed E-state index contributed by atoms with van der Waals surface area (Å²) in [4.78, 5) is 16.3. The standard InChI is InChI=1S/C20H22FN3O/c21-16-7-4-8-17(13-16)24-18-9-10-19(23-14-18)20(25)22-12-11-15-5-2-1-3-6-15/h4-5,7-10,13-14,24H,1-3,6,11-12H2,(H,22,25). The molecule has 0 spiro atoms. The van der Waals surface area contributed by atoms with Gasteiger partial charge in [-0.05, 0) is 62.4 Å². The smallest absolute Gasteiger partial charge is 0.269 e. The van der Waals surface area contributed by atoms with Gasteiger partial charge in [0.1, 0.15) is 11.5 Å². The van der Waals surface area contributed by atoms with E-state index in [0.717, 1.165) is 19.3 Å². The molecule has 0 aliphatic heterocycles. The molecule has 0 fully saturated rings. The van der Waals surface area contributed by atoms with Gasteiger partial charge < -0.3 is 10.6 Å². The molecule has 130 valence electrons. The average Bonchev–Trinajstić information content (AvgIpc) is 2.63. The van der Waals surface area contributed by atoms with Crippen LogP contribution in [-0.2, 0) is 0 Å². The minimum atomic E-state index is -0.304. The van der Waals surface area contributed by atoms with Crippen LogP contribution in [0.2, 0.25) is 0 Å². The molecule has 2 aromatic rings. The zero-order valence-electron chi connectivity index (χ0n) is 14.1. The van der Waals surface area contributed by atoms with E-state index < -0.39 is 0 Å². The monoisotopic (exact) mass is 339 g/mol. The van der Waals surface area contributed by atoms with Crippen LogP contribution < -0.4 is 10.6 Å². The third-order valence-electron chi connectivity index (χ3n) is 4.23. The third kappa shape index (κ3) is 5.14. The molecular formula is C20H22FN3O. The predicted octanol–water partition coefficient (Wildman–Crippen LogP) is 4.58. The SMILES string of the molecule is O=C(NCCC1=CCCCC1)c1ccc(Nc2cccc(F)c2)cn1. The lowest BCUT2D eigenvalue weighted by Gasteiger charge is -2.13. The number of carbonyl (C=O) groups excluding carboxylic acids is 1. The Kier molecular flexibility index (Phi) is 5.77. The second-order valence-corrected chi connectivity index (χ2v) is 6.18. The first kappa shape index (κ1) is 17.1. The summed E-state index contributed by atoms with van der Waals surface area (Å²) in [6.07, 6.45) is 9.60. The largest absolute Gasteiger partial charge is 0.354 e. The summed E-state index contributed by atoms with van der Waals surface area (Å²) in [6.45, 7) is 0.635. The molecule has 0 radical (unpaired) electrons. The van der Waals surface area contributed by atoms with Gasteiger partial charge in [0.15, 0.2) is 0 Å². The number of anilines is 2. The van der Waals surface area contributed by atoms with E-state index in [1.807, 2.05) is 0 Å². The van der Waals surface area contributed by atoms with Crippen molar-refractivity contribution in [3.05, 3.63) is 65.8 Å². The number of benzene rings is 1. The first-order valence-electron chi connectivity index (χ1n) is 8.65. The summed E-state index contributed by atoms with van der Waals surface area (Å²) in [5, 5.41) is 5.97. The number of rotatable bonds is 6. The number of nitrogens with one attached hydrogen (secondary N) is 2. The molecule has 1 aliphatic rings. The Morgan fingerprint density at radius 2 is 2.08 bits per heavy atom. The molecule has 1 aliphatic carbocycles. The van der Waals surface area contributed by atoms with Crippen molar-refractivity contribution in [2.24, 2.45) is 0 Å². The fraction of sp³-hybridized carbons (Fsp3) is 0.300. The number of allylic oxidation sites excluding steroid dienone is 1. The molecule has 2 N–H and O–H groups in total. The Bertz CT molecular complexity index is 756. The number of pyridine rings is 1. The van der Waals surface area contributed by atoms with Gasteiger partial charge >= 0.3 is 0 Å². The van der Waals surface area contributed by atoms with Crippen molar-refractivity contribution < 1.29 is 9.18 Å². The summed E-state index contributed by atoms with van der Waals surface area (Å²) in [5.74, 6) is -0.476. The summed E-state index contributed by atoms with van der Waals surface area (Å²) in [6, 6.07) is 9.62. The van der Waals surface area contributed by atoms with E-state index in [1.54, 1.807) is 30.5 Å². The highest BCUT2D eigenvalue weighted by atomic mass is 19.1. The highest BCUT2D eigenvalue weighted by Gasteiger charge is 2.08. The Morgan fingerprint density at radius 3 is 2.80 bits per heavy atom. The maximum Gasteiger partial charge on any atom is 0.269 e. The van der Waals surface area contributed by atoms with Crippen LogP contribution in [0, 0.1) is 5.82 Å². The molecule has 0 bridgehead atoms. The van der Waals surface area contributed by atoms with Gasteiger partial charge in [-0.25, -0.2) is 9.37 Å². The molecule has 0 unspecified atom stereocenters. The van der Waals surface area contributed by atoms with Gasteiger partial charge in [0.25, 0.3) is 5.91 Å². The number of aromatic nitrogens is 1. The minimum Gasteiger partial charge on any atom is -0.354 e. The first-order chi connectivity index (χ1) is 12.2. The van der Waals surface area contributed by atoms with E-state index in [2.05, 4.69) is 21.7 Å². The predicted molar refractivity (Wildman–Crippen MR) is 97.4 cm³/mol. The van der Waals surface area contributed by atoms with Crippen molar-refractivity contribution in [1.82, 2.24) is 10.3 Å². The van der Waals surface area contributed by atoms with E-state index in [9.17, 15) is 9.18 Å². The lowest BCUT2D eigenvalue weighted by molar-refractivity contribution is 0.0949. The lowest BCUT2D eigenvalue weighted by Crippen LogP contribution is -2.25. The summed E-state index contributed by atoms with van der Waals surface area (Å²) in [5.41, 5.74) is 3.16. The molecule has 0 saturated heterocycles. The fourth-order valence-corrected chi connectivity index (χ4v) is 2.89. The van der Waals surface area contributed by atoms with Crippen LogP contribution in [0.1, 0.15) is 42.6 Å². The van der Waals surface area contributed by atoms with Gasteiger partial charge in [-0.1, -0.05) is 17.7 Å². The molecule has 0 atom stereocenters. The van der Waals surface area contributed by atoms with Crippen LogP contribution in [0.25, 0.3) is 0 Å². The van der Waals surface area contributed by atoms with Crippen LogP contribution >= 0.6 is 0 Å². The summed E-state index contributed by atoms with van der Waals surface area (Å²) >= 11 is 0. The van der Waals surface area contributed by atoms with Gasteiger partial charge in [-0.2, -0.15) is 0 Å².